The van der Waals surface area contributed by atoms with Crippen molar-refractivity contribution in [2.45, 2.75) is 18.8 Å². The monoisotopic (exact) mass is 245 g/mol. The van der Waals surface area contributed by atoms with Gasteiger partial charge >= 0.3 is 0 Å². The predicted molar refractivity (Wildman–Crippen MR) is 61.5 cm³/mol. The molecule has 3 nitrogen and oxygen atoms in total. The van der Waals surface area contributed by atoms with Crippen LogP contribution in [0.25, 0.3) is 0 Å². The van der Waals surface area contributed by atoms with E-state index in [9.17, 15) is 0 Å². The van der Waals surface area contributed by atoms with Crippen LogP contribution in [-0.2, 0) is 0 Å². The van der Waals surface area contributed by atoms with Crippen molar-refractivity contribution in [2.24, 2.45) is 0 Å². The van der Waals surface area contributed by atoms with Gasteiger partial charge in [-0.1, -0.05) is 23.2 Å². The van der Waals surface area contributed by atoms with Gasteiger partial charge in [-0.05, 0) is 32.5 Å². The number of likely N-dealkylation sites (N-methyl/N-ethyl adjacent to an activating group) is 1. The molecular formula is C10H13Cl2N3. The maximum absolute atomic E-state index is 5.92. The minimum absolute atomic E-state index is 0.282. The van der Waals surface area contributed by atoms with Gasteiger partial charge < -0.3 is 4.90 Å². The average Bonchev–Trinajstić information content (AvgIpc) is 2.22. The number of halogens is 2. The van der Waals surface area contributed by atoms with E-state index in [1.807, 2.05) is 6.07 Å². The number of hydrogen-bond acceptors (Lipinski definition) is 3. The normalized spacial score (nSPS) is 23.0. The third-order valence-electron chi connectivity index (χ3n) is 2.77. The first-order valence-corrected chi connectivity index (χ1v) is 5.79. The Bertz CT molecular complexity index is 357. The fraction of sp³-hybridized carbons (Fsp3) is 0.600. The Hall–Kier alpha value is -0.380. The van der Waals surface area contributed by atoms with Crippen LogP contribution in [0.3, 0.4) is 0 Å². The molecule has 0 amide bonds. The molecule has 1 aromatic rings. The van der Waals surface area contributed by atoms with Crippen molar-refractivity contribution in [1.29, 1.82) is 0 Å². The summed E-state index contributed by atoms with van der Waals surface area (Å²) in [6.45, 7) is 2.18. The first-order valence-electron chi connectivity index (χ1n) is 5.04. The Labute approximate surface area is 99.4 Å². The maximum Gasteiger partial charge on any atom is 0.170 e. The lowest BCUT2D eigenvalue weighted by atomic mass is 9.95. The Kier molecular flexibility index (Phi) is 3.44. The Balaban J connectivity index is 2.18. The molecule has 0 aliphatic carbocycles. The Morgan fingerprint density at radius 2 is 2.20 bits per heavy atom. The van der Waals surface area contributed by atoms with E-state index in [1.165, 1.54) is 6.42 Å². The summed E-state index contributed by atoms with van der Waals surface area (Å²) < 4.78 is 0. The van der Waals surface area contributed by atoms with Crippen molar-refractivity contribution in [3.63, 3.8) is 0 Å². The van der Waals surface area contributed by atoms with Crippen molar-refractivity contribution >= 4 is 23.2 Å². The summed E-state index contributed by atoms with van der Waals surface area (Å²) >= 11 is 11.7. The van der Waals surface area contributed by atoms with Gasteiger partial charge in [0, 0.05) is 12.5 Å². The minimum atomic E-state index is 0.282. The second-order valence-corrected chi connectivity index (χ2v) is 4.77. The average molecular weight is 246 g/mol. The van der Waals surface area contributed by atoms with E-state index in [2.05, 4.69) is 22.1 Å². The predicted octanol–water partition coefficient (Wildman–Crippen LogP) is 2.59. The van der Waals surface area contributed by atoms with Crippen molar-refractivity contribution in [2.75, 3.05) is 20.1 Å². The Morgan fingerprint density at radius 1 is 1.40 bits per heavy atom. The fourth-order valence-corrected chi connectivity index (χ4v) is 2.22. The highest BCUT2D eigenvalue weighted by Crippen LogP contribution is 2.27. The molecule has 0 saturated carbocycles. The number of rotatable bonds is 1. The largest absolute Gasteiger partial charge is 0.306 e. The molecular weight excluding hydrogens is 233 g/mol. The molecule has 1 aliphatic heterocycles. The number of piperidine rings is 1. The molecule has 0 radical (unpaired) electrons. The first kappa shape index (κ1) is 11.1. The lowest BCUT2D eigenvalue weighted by molar-refractivity contribution is 0.248. The smallest absolute Gasteiger partial charge is 0.170 e. The minimum Gasteiger partial charge on any atom is -0.306 e. The van der Waals surface area contributed by atoms with Crippen molar-refractivity contribution in [1.82, 2.24) is 15.1 Å². The van der Waals surface area contributed by atoms with E-state index in [-0.39, 0.29) is 5.15 Å². The molecule has 0 aromatic carbocycles. The summed E-state index contributed by atoms with van der Waals surface area (Å²) in [6.07, 6.45) is 2.35. The van der Waals surface area contributed by atoms with Crippen LogP contribution in [0.15, 0.2) is 6.07 Å². The SMILES string of the molecule is CN1CCCC(c2cc(Cl)c(Cl)nn2)C1. The molecule has 0 spiro atoms. The summed E-state index contributed by atoms with van der Waals surface area (Å²) in [5.41, 5.74) is 0.955. The molecule has 0 N–H and O–H groups in total. The van der Waals surface area contributed by atoms with Crippen LogP contribution in [0, 0.1) is 0 Å². The standard InChI is InChI=1S/C10H13Cl2N3/c1-15-4-2-3-7(6-15)9-5-8(11)10(12)14-13-9/h5,7H,2-4,6H2,1H3. The molecule has 1 atom stereocenters. The highest BCUT2D eigenvalue weighted by atomic mass is 35.5. The van der Waals surface area contributed by atoms with Crippen molar-refractivity contribution < 1.29 is 0 Å². The third kappa shape index (κ3) is 2.60. The third-order valence-corrected chi connectivity index (χ3v) is 3.43. The van der Waals surface area contributed by atoms with E-state index >= 15 is 0 Å². The zero-order valence-electron chi connectivity index (χ0n) is 8.58. The van der Waals surface area contributed by atoms with Gasteiger partial charge in [-0.3, -0.25) is 0 Å². The quantitative estimate of drug-likeness (QED) is 0.762. The zero-order chi connectivity index (χ0) is 10.8. The van der Waals surface area contributed by atoms with E-state index in [0.717, 1.165) is 25.2 Å². The van der Waals surface area contributed by atoms with E-state index in [0.29, 0.717) is 10.9 Å². The highest BCUT2D eigenvalue weighted by Gasteiger charge is 2.21. The molecule has 1 saturated heterocycles. The lowest BCUT2D eigenvalue weighted by Gasteiger charge is -2.28. The van der Waals surface area contributed by atoms with Crippen LogP contribution in [0.4, 0.5) is 0 Å². The summed E-state index contributed by atoms with van der Waals surface area (Å²) in [5.74, 6) is 0.436. The van der Waals surface area contributed by atoms with Crippen LogP contribution < -0.4 is 0 Å². The molecule has 1 aliphatic rings. The Morgan fingerprint density at radius 3 is 2.87 bits per heavy atom. The molecule has 2 rings (SSSR count). The lowest BCUT2D eigenvalue weighted by Crippen LogP contribution is -2.31. The summed E-state index contributed by atoms with van der Waals surface area (Å²) in [4.78, 5) is 2.30. The molecule has 82 valence electrons. The topological polar surface area (TPSA) is 29.0 Å². The van der Waals surface area contributed by atoms with Gasteiger partial charge in [-0.2, -0.15) is 5.10 Å². The molecule has 1 aromatic heterocycles. The van der Waals surface area contributed by atoms with Crippen LogP contribution in [0.2, 0.25) is 10.2 Å². The number of hydrogen-bond donors (Lipinski definition) is 0. The molecule has 5 heteroatoms. The molecule has 2 heterocycles. The maximum atomic E-state index is 5.92. The van der Waals surface area contributed by atoms with Gasteiger partial charge in [0.05, 0.1) is 10.7 Å². The number of likely N-dealkylation sites (tertiary alicyclic amines) is 1. The molecule has 1 fully saturated rings. The van der Waals surface area contributed by atoms with E-state index < -0.39 is 0 Å². The van der Waals surface area contributed by atoms with Crippen molar-refractivity contribution in [3.05, 3.63) is 21.9 Å². The zero-order valence-corrected chi connectivity index (χ0v) is 10.1. The number of aromatic nitrogens is 2. The fourth-order valence-electron chi connectivity index (χ4n) is 1.97. The van der Waals surface area contributed by atoms with Gasteiger partial charge in [-0.25, -0.2) is 0 Å². The van der Waals surface area contributed by atoms with Gasteiger partial charge in [-0.15, -0.1) is 5.10 Å². The van der Waals surface area contributed by atoms with Crippen LogP contribution in [0.5, 0.6) is 0 Å². The molecule has 15 heavy (non-hydrogen) atoms. The van der Waals surface area contributed by atoms with Crippen LogP contribution in [-0.4, -0.2) is 35.2 Å². The van der Waals surface area contributed by atoms with Gasteiger partial charge in [0.15, 0.2) is 5.15 Å². The van der Waals surface area contributed by atoms with Crippen LogP contribution in [0.1, 0.15) is 24.5 Å². The van der Waals surface area contributed by atoms with Gasteiger partial charge in [0.2, 0.25) is 0 Å². The number of nitrogens with zero attached hydrogens (tertiary/aromatic N) is 3. The van der Waals surface area contributed by atoms with Gasteiger partial charge in [0.25, 0.3) is 0 Å². The van der Waals surface area contributed by atoms with Crippen LogP contribution >= 0.6 is 23.2 Å². The summed E-state index contributed by atoms with van der Waals surface area (Å²) in [7, 11) is 2.12. The first-order chi connectivity index (χ1) is 7.16. The van der Waals surface area contributed by atoms with E-state index in [4.69, 9.17) is 23.2 Å². The molecule has 0 bridgehead atoms. The molecule has 1 unspecified atom stereocenters. The highest BCUT2D eigenvalue weighted by molar-refractivity contribution is 6.41. The van der Waals surface area contributed by atoms with Gasteiger partial charge in [0.1, 0.15) is 0 Å². The summed E-state index contributed by atoms with van der Waals surface area (Å²) in [5, 5.41) is 8.73. The van der Waals surface area contributed by atoms with Crippen molar-refractivity contribution in [3.8, 4) is 0 Å². The van der Waals surface area contributed by atoms with E-state index in [1.54, 1.807) is 0 Å². The summed E-state index contributed by atoms with van der Waals surface area (Å²) in [6, 6.07) is 1.83. The second kappa shape index (κ2) is 4.64. The second-order valence-electron chi connectivity index (χ2n) is 4.01.